The van der Waals surface area contributed by atoms with Gasteiger partial charge in [0, 0.05) is 33.2 Å². The Morgan fingerprint density at radius 1 is 0.408 bits per heavy atom. The van der Waals surface area contributed by atoms with Crippen LogP contribution in [0.1, 0.15) is 0 Å². The molecule has 0 bridgehead atoms. The first-order chi connectivity index (χ1) is 24.0. The maximum absolute atomic E-state index is 5.42. The molecule has 3 heterocycles. The predicted molar refractivity (Wildman–Crippen MR) is 207 cm³/mol. The minimum atomic E-state index is -1.88. The van der Waals surface area contributed by atoms with Gasteiger partial charge in [0.25, 0.3) is 0 Å². The highest BCUT2D eigenvalue weighted by atomic mass is 28.3. The molecule has 0 unspecified atom stereocenters. The van der Waals surface area contributed by atoms with Crippen LogP contribution >= 0.6 is 0 Å². The van der Waals surface area contributed by atoms with Crippen LogP contribution in [0.5, 0.6) is 0 Å². The summed E-state index contributed by atoms with van der Waals surface area (Å²) in [5, 5.41) is 3.99. The lowest BCUT2D eigenvalue weighted by Gasteiger charge is -2.19. The lowest BCUT2D eigenvalue weighted by Crippen LogP contribution is -2.49. The number of hydrogen-bond donors (Lipinski definition) is 0. The molecule has 0 aliphatic carbocycles. The van der Waals surface area contributed by atoms with E-state index in [1.807, 2.05) is 6.07 Å². The molecule has 1 aliphatic heterocycles. The highest BCUT2D eigenvalue weighted by Gasteiger charge is 2.38. The average molecular weight is 644 g/mol. The van der Waals surface area contributed by atoms with Gasteiger partial charge in [0.1, 0.15) is 8.07 Å². The van der Waals surface area contributed by atoms with Crippen molar-refractivity contribution in [3.8, 4) is 67.4 Å². The molecule has 6 aromatic carbocycles. The van der Waals surface area contributed by atoms with Crippen molar-refractivity contribution < 1.29 is 0 Å². The second-order valence-corrected chi connectivity index (χ2v) is 17.6. The summed E-state index contributed by atoms with van der Waals surface area (Å²) >= 11 is 0. The third-order valence-corrected chi connectivity index (χ3v) is 13.4. The summed E-state index contributed by atoms with van der Waals surface area (Å²) in [5.74, 6) is 0.716. The molecule has 0 radical (unpaired) electrons. The van der Waals surface area contributed by atoms with Gasteiger partial charge in [0.15, 0.2) is 5.82 Å². The van der Waals surface area contributed by atoms with Crippen molar-refractivity contribution in [3.63, 3.8) is 0 Å². The van der Waals surface area contributed by atoms with Gasteiger partial charge in [-0.05, 0) is 45.3 Å². The fourth-order valence-corrected chi connectivity index (χ4v) is 10.4. The molecule has 0 fully saturated rings. The molecule has 8 aromatic rings. The number of nitrogens with zero attached hydrogens (tertiary/aromatic N) is 3. The van der Waals surface area contributed by atoms with E-state index < -0.39 is 8.07 Å². The Morgan fingerprint density at radius 2 is 1.00 bits per heavy atom. The summed E-state index contributed by atoms with van der Waals surface area (Å²) in [5.41, 5.74) is 12.9. The van der Waals surface area contributed by atoms with Gasteiger partial charge >= 0.3 is 0 Å². The van der Waals surface area contributed by atoms with Crippen LogP contribution in [0.15, 0.2) is 164 Å². The monoisotopic (exact) mass is 643 g/mol. The lowest BCUT2D eigenvalue weighted by atomic mass is 9.98. The number of rotatable bonds is 5. The van der Waals surface area contributed by atoms with Crippen LogP contribution in [0.3, 0.4) is 0 Å². The van der Waals surface area contributed by atoms with Crippen molar-refractivity contribution in [2.24, 2.45) is 0 Å². The number of pyridine rings is 1. The van der Waals surface area contributed by atoms with Gasteiger partial charge in [-0.15, -0.1) is 0 Å². The zero-order valence-electron chi connectivity index (χ0n) is 27.4. The summed E-state index contributed by atoms with van der Waals surface area (Å²) in [7, 11) is -1.88. The van der Waals surface area contributed by atoms with Gasteiger partial charge in [-0.3, -0.25) is 0 Å². The zero-order valence-corrected chi connectivity index (χ0v) is 28.4. The van der Waals surface area contributed by atoms with E-state index in [0.717, 1.165) is 61.4 Å². The van der Waals surface area contributed by atoms with Gasteiger partial charge < -0.3 is 0 Å². The molecule has 0 saturated carbocycles. The number of fused-ring (bicyclic) bond motifs is 5. The van der Waals surface area contributed by atoms with Gasteiger partial charge in [0.2, 0.25) is 0 Å². The Kier molecular flexibility index (Phi) is 6.92. The van der Waals surface area contributed by atoms with Crippen molar-refractivity contribution in [2.75, 3.05) is 0 Å². The van der Waals surface area contributed by atoms with E-state index in [1.54, 1.807) is 0 Å². The Bertz CT molecular complexity index is 2450. The summed E-state index contributed by atoms with van der Waals surface area (Å²) in [6.07, 6.45) is 0. The molecule has 0 amide bonds. The molecule has 0 N–H and O–H groups in total. The molecular formula is C45H33N3Si. The number of hydrogen-bond acceptors (Lipinski definition) is 3. The largest absolute Gasteiger partial charge is 0.248 e. The molecular weight excluding hydrogens is 611 g/mol. The van der Waals surface area contributed by atoms with Gasteiger partial charge in [-0.2, -0.15) is 0 Å². The maximum atomic E-state index is 5.42. The van der Waals surface area contributed by atoms with E-state index in [9.17, 15) is 0 Å². The minimum Gasteiger partial charge on any atom is -0.248 e. The third-order valence-electron chi connectivity index (χ3n) is 9.88. The molecule has 232 valence electrons. The fourth-order valence-electron chi connectivity index (χ4n) is 7.38. The van der Waals surface area contributed by atoms with Gasteiger partial charge in [-0.1, -0.05) is 159 Å². The number of benzene rings is 6. The highest BCUT2D eigenvalue weighted by Crippen LogP contribution is 2.38. The Hall–Kier alpha value is -5.97. The Morgan fingerprint density at radius 3 is 1.73 bits per heavy atom. The van der Waals surface area contributed by atoms with E-state index in [4.69, 9.17) is 15.0 Å². The van der Waals surface area contributed by atoms with Crippen LogP contribution < -0.4 is 10.4 Å². The second-order valence-electron chi connectivity index (χ2n) is 13.3. The minimum absolute atomic E-state index is 0.716. The highest BCUT2D eigenvalue weighted by molar-refractivity contribution is 7.04. The van der Waals surface area contributed by atoms with Crippen molar-refractivity contribution in [1.82, 2.24) is 15.0 Å². The first-order valence-corrected chi connectivity index (χ1v) is 19.8. The Balaban J connectivity index is 1.26. The van der Waals surface area contributed by atoms with Gasteiger partial charge in [0.05, 0.1) is 22.6 Å². The maximum Gasteiger partial charge on any atom is 0.160 e. The van der Waals surface area contributed by atoms with Crippen molar-refractivity contribution >= 4 is 29.4 Å². The summed E-state index contributed by atoms with van der Waals surface area (Å²) in [6.45, 7) is 4.90. The molecule has 3 nitrogen and oxygen atoms in total. The molecule has 0 spiro atoms. The second kappa shape index (κ2) is 11.6. The molecule has 4 heteroatoms. The summed E-state index contributed by atoms with van der Waals surface area (Å²) < 4.78 is 0. The van der Waals surface area contributed by atoms with Crippen molar-refractivity contribution in [3.05, 3.63) is 164 Å². The molecule has 0 atom stereocenters. The SMILES string of the molecule is C[Si]1(C)c2ccccc2-c2c1ccc1c(-c3ccccc3)nc(-c3cccc(-c4cc(-c5ccccc5)cc(-c5ccccc5)n4)c3)nc21. The van der Waals surface area contributed by atoms with Crippen LogP contribution in [-0.4, -0.2) is 23.0 Å². The van der Waals surface area contributed by atoms with Crippen LogP contribution in [0.4, 0.5) is 0 Å². The first-order valence-electron chi connectivity index (χ1n) is 16.8. The molecule has 9 rings (SSSR count). The van der Waals surface area contributed by atoms with E-state index in [-0.39, 0.29) is 0 Å². The van der Waals surface area contributed by atoms with Crippen molar-refractivity contribution in [1.29, 1.82) is 0 Å². The summed E-state index contributed by atoms with van der Waals surface area (Å²) in [4.78, 5) is 15.9. The molecule has 2 aromatic heterocycles. The molecule has 0 saturated heterocycles. The van der Waals surface area contributed by atoms with Crippen LogP contribution in [0, 0.1) is 0 Å². The van der Waals surface area contributed by atoms with Crippen LogP contribution in [0.25, 0.3) is 78.3 Å². The average Bonchev–Trinajstić information content (AvgIpc) is 3.41. The molecule has 49 heavy (non-hydrogen) atoms. The third kappa shape index (κ3) is 5.00. The van der Waals surface area contributed by atoms with E-state index >= 15 is 0 Å². The normalized spacial score (nSPS) is 12.9. The van der Waals surface area contributed by atoms with Gasteiger partial charge in [-0.25, -0.2) is 15.0 Å². The first kappa shape index (κ1) is 29.2. The summed E-state index contributed by atoms with van der Waals surface area (Å²) in [6, 6.07) is 57.9. The van der Waals surface area contributed by atoms with E-state index in [2.05, 4.69) is 171 Å². The van der Waals surface area contributed by atoms with E-state index in [1.165, 1.54) is 21.5 Å². The topological polar surface area (TPSA) is 38.7 Å². The standard InChI is InChI=1S/C45H33N3Si/c1-49(2)40-24-13-12-23-36(40)42-41(49)26-25-37-43(32-19-10-5-11-20-32)47-45(48-44(37)42)34-22-14-21-33(27-34)39-29-35(30-15-6-3-7-16-30)28-38(46-39)31-17-8-4-9-18-31/h3-29H,1-2H3. The van der Waals surface area contributed by atoms with Crippen LogP contribution in [0.2, 0.25) is 13.1 Å². The zero-order chi connectivity index (χ0) is 33.0. The number of aromatic nitrogens is 3. The quantitative estimate of drug-likeness (QED) is 0.175. The predicted octanol–water partition coefficient (Wildman–Crippen LogP) is 10.2. The van der Waals surface area contributed by atoms with Crippen LogP contribution in [-0.2, 0) is 0 Å². The smallest absolute Gasteiger partial charge is 0.160 e. The lowest BCUT2D eigenvalue weighted by molar-refractivity contribution is 1.23. The molecule has 1 aliphatic rings. The Labute approximate surface area is 287 Å². The van der Waals surface area contributed by atoms with Crippen molar-refractivity contribution in [2.45, 2.75) is 13.1 Å². The fraction of sp³-hybridized carbons (Fsp3) is 0.0444. The van der Waals surface area contributed by atoms with E-state index in [0.29, 0.717) is 5.82 Å².